The largest absolute Gasteiger partial charge is 0.453 e. The number of imidazole rings is 1. The number of amides is 5. The number of methoxy groups -OCH3 is 2. The van der Waals surface area contributed by atoms with Crippen molar-refractivity contribution in [2.24, 2.45) is 11.8 Å². The Kier molecular flexibility index (Phi) is 14.4. The number of aromatic amines is 1. The molecule has 53 heavy (non-hydrogen) atoms. The number of aromatic nitrogens is 2. The van der Waals surface area contributed by atoms with Gasteiger partial charge in [-0.3, -0.25) is 14.4 Å². The Hall–Kier alpha value is -5.40. The molecule has 4 rings (SSSR count). The first kappa shape index (κ1) is 40.4. The zero-order valence-electron chi connectivity index (χ0n) is 31.7. The number of nitrogens with zero attached hydrogens (tertiary/aromatic N) is 3. The monoisotopic (exact) mass is 731 g/mol. The van der Waals surface area contributed by atoms with E-state index in [-0.39, 0.29) is 36.1 Å². The lowest BCUT2D eigenvalue weighted by atomic mass is 10.0. The van der Waals surface area contributed by atoms with Crippen LogP contribution in [0.4, 0.5) is 9.59 Å². The molecule has 286 valence electrons. The normalized spacial score (nSPS) is 15.1. The summed E-state index contributed by atoms with van der Waals surface area (Å²) in [5, 5.41) is 8.24. The van der Waals surface area contributed by atoms with Crippen molar-refractivity contribution >= 4 is 29.9 Å². The summed E-state index contributed by atoms with van der Waals surface area (Å²) < 4.78 is 9.41. The fraction of sp³-hybridized carbons (Fsp3) is 0.487. The maximum absolute atomic E-state index is 13.4. The molecule has 14 heteroatoms. The predicted molar refractivity (Wildman–Crippen MR) is 200 cm³/mol. The Morgan fingerprint density at radius 1 is 0.868 bits per heavy atom. The maximum Gasteiger partial charge on any atom is 0.407 e. The number of rotatable bonds is 15. The molecule has 1 aliphatic rings. The Labute approximate surface area is 311 Å². The topological polar surface area (TPSA) is 175 Å². The van der Waals surface area contributed by atoms with Gasteiger partial charge >= 0.3 is 12.2 Å². The van der Waals surface area contributed by atoms with Gasteiger partial charge in [0.05, 0.1) is 32.7 Å². The second-order valence-electron chi connectivity index (χ2n) is 13.9. The second kappa shape index (κ2) is 18.9. The molecular weight excluding hydrogens is 678 g/mol. The van der Waals surface area contributed by atoms with E-state index in [1.807, 2.05) is 83.1 Å². The Morgan fingerprint density at radius 2 is 1.43 bits per heavy atom. The van der Waals surface area contributed by atoms with Crippen molar-refractivity contribution in [3.63, 3.8) is 0 Å². The van der Waals surface area contributed by atoms with Crippen LogP contribution in [-0.4, -0.2) is 95.1 Å². The molecule has 2 aromatic carbocycles. The molecule has 14 nitrogen and oxygen atoms in total. The van der Waals surface area contributed by atoms with Crippen LogP contribution in [0.3, 0.4) is 0 Å². The highest BCUT2D eigenvalue weighted by Gasteiger charge is 2.38. The molecule has 4 N–H and O–H groups in total. The van der Waals surface area contributed by atoms with Crippen molar-refractivity contribution in [2.75, 3.05) is 27.3 Å². The van der Waals surface area contributed by atoms with Gasteiger partial charge in [-0.15, -0.1) is 0 Å². The van der Waals surface area contributed by atoms with Crippen molar-refractivity contribution in [2.45, 2.75) is 85.1 Å². The number of benzene rings is 2. The summed E-state index contributed by atoms with van der Waals surface area (Å²) in [5.74, 6) is -0.371. The molecule has 1 fully saturated rings. The van der Waals surface area contributed by atoms with Crippen molar-refractivity contribution in [3.05, 3.63) is 66.1 Å². The van der Waals surface area contributed by atoms with Gasteiger partial charge in [0.1, 0.15) is 23.9 Å². The van der Waals surface area contributed by atoms with E-state index in [0.717, 1.165) is 34.4 Å². The van der Waals surface area contributed by atoms with Crippen LogP contribution in [0.5, 0.6) is 0 Å². The maximum atomic E-state index is 13.4. The van der Waals surface area contributed by atoms with E-state index in [2.05, 4.69) is 30.7 Å². The zero-order valence-corrected chi connectivity index (χ0v) is 31.7. The van der Waals surface area contributed by atoms with Gasteiger partial charge in [0.2, 0.25) is 17.7 Å². The van der Waals surface area contributed by atoms with Gasteiger partial charge < -0.3 is 40.2 Å². The molecule has 2 heterocycles. The SMILES string of the molecule is CCCN(Cc1ncc(-c2ccc(-c3ccc(CNC(=O)[C@@H]4CCCN4C(=O)[C@@H](NC(=O)OC)C(C)C)cc3)cc2)[nH]1)C(=O)[C@@H](NC(=O)OC)C(C)C. The number of alkyl carbamates (subject to hydrolysis) is 2. The van der Waals surface area contributed by atoms with Crippen molar-refractivity contribution in [3.8, 4) is 22.4 Å². The minimum absolute atomic E-state index is 0.127. The lowest BCUT2D eigenvalue weighted by Gasteiger charge is -2.30. The van der Waals surface area contributed by atoms with Crippen LogP contribution in [0, 0.1) is 11.8 Å². The summed E-state index contributed by atoms with van der Waals surface area (Å²) in [6.45, 7) is 11.0. The molecule has 1 aliphatic heterocycles. The van der Waals surface area contributed by atoms with E-state index in [9.17, 15) is 24.0 Å². The number of ether oxygens (including phenoxy) is 2. The highest BCUT2D eigenvalue weighted by molar-refractivity contribution is 5.92. The number of likely N-dealkylation sites (tertiary alicyclic amines) is 1. The summed E-state index contributed by atoms with van der Waals surface area (Å²) in [6, 6.07) is 13.9. The first-order valence-corrected chi connectivity index (χ1v) is 18.2. The molecule has 1 aromatic heterocycles. The third kappa shape index (κ3) is 10.6. The summed E-state index contributed by atoms with van der Waals surface area (Å²) >= 11 is 0. The van der Waals surface area contributed by atoms with Crippen molar-refractivity contribution < 1.29 is 33.4 Å². The minimum atomic E-state index is -0.782. The Morgan fingerprint density at radius 3 is 2.00 bits per heavy atom. The summed E-state index contributed by atoms with van der Waals surface area (Å²) in [5.41, 5.74) is 4.70. The smallest absolute Gasteiger partial charge is 0.407 e. The van der Waals surface area contributed by atoms with E-state index in [4.69, 9.17) is 4.74 Å². The molecular formula is C39H53N7O7. The van der Waals surface area contributed by atoms with Gasteiger partial charge in [0.25, 0.3) is 0 Å². The third-order valence-electron chi connectivity index (χ3n) is 9.35. The Balaban J connectivity index is 1.34. The molecule has 3 aromatic rings. The number of nitrogens with one attached hydrogen (secondary N) is 4. The lowest BCUT2D eigenvalue weighted by Crippen LogP contribution is -2.55. The third-order valence-corrected chi connectivity index (χ3v) is 9.35. The van der Waals surface area contributed by atoms with E-state index in [1.165, 1.54) is 14.2 Å². The van der Waals surface area contributed by atoms with E-state index in [0.29, 0.717) is 38.3 Å². The van der Waals surface area contributed by atoms with Crippen molar-refractivity contribution in [1.29, 1.82) is 0 Å². The first-order chi connectivity index (χ1) is 25.4. The lowest BCUT2D eigenvalue weighted by molar-refractivity contribution is -0.140. The number of hydrogen-bond donors (Lipinski definition) is 4. The highest BCUT2D eigenvalue weighted by Crippen LogP contribution is 2.25. The van der Waals surface area contributed by atoms with Crippen LogP contribution >= 0.6 is 0 Å². The molecule has 3 atom stereocenters. The van der Waals surface area contributed by atoms with Gasteiger partial charge in [0.15, 0.2) is 0 Å². The van der Waals surface area contributed by atoms with Crippen LogP contribution < -0.4 is 16.0 Å². The van der Waals surface area contributed by atoms with E-state index < -0.39 is 30.3 Å². The molecule has 0 unspecified atom stereocenters. The van der Waals surface area contributed by atoms with Crippen LogP contribution in [0.2, 0.25) is 0 Å². The van der Waals surface area contributed by atoms with Crippen LogP contribution in [0.15, 0.2) is 54.7 Å². The zero-order chi connectivity index (χ0) is 38.7. The molecule has 0 saturated carbocycles. The van der Waals surface area contributed by atoms with E-state index in [1.54, 1.807) is 16.0 Å². The predicted octanol–water partition coefficient (Wildman–Crippen LogP) is 4.85. The summed E-state index contributed by atoms with van der Waals surface area (Å²) in [7, 11) is 2.52. The average molecular weight is 732 g/mol. The summed E-state index contributed by atoms with van der Waals surface area (Å²) in [6.07, 6.45) is 2.43. The van der Waals surface area contributed by atoms with Crippen LogP contribution in [0.1, 0.15) is 65.3 Å². The van der Waals surface area contributed by atoms with Gasteiger partial charge in [-0.2, -0.15) is 0 Å². The van der Waals surface area contributed by atoms with Gasteiger partial charge in [-0.1, -0.05) is 83.1 Å². The minimum Gasteiger partial charge on any atom is -0.453 e. The van der Waals surface area contributed by atoms with Gasteiger partial charge in [-0.05, 0) is 53.4 Å². The molecule has 1 saturated heterocycles. The Bertz CT molecular complexity index is 1710. The van der Waals surface area contributed by atoms with Crippen molar-refractivity contribution in [1.82, 2.24) is 35.7 Å². The standard InChI is InChI=1S/C39H53N7O7/c1-8-19-45(36(48)33(24(2)3)43-38(50)52-6)23-32-40-22-30(42-32)29-17-15-28(16-18-29)27-13-11-26(12-14-27)21-41-35(47)31-10-9-20-46(31)37(49)34(25(4)5)44-39(51)53-7/h11-18,22,24-25,31,33-34H,8-10,19-21,23H2,1-7H3,(H,40,42)(H,41,47)(H,43,50)(H,44,51)/t31-,33-,34-/m0/s1. The average Bonchev–Trinajstić information content (AvgIpc) is 3.85. The second-order valence-corrected chi connectivity index (χ2v) is 13.9. The van der Waals surface area contributed by atoms with Gasteiger partial charge in [-0.25, -0.2) is 14.6 Å². The molecule has 0 radical (unpaired) electrons. The quantitative estimate of drug-likeness (QED) is 0.172. The fourth-order valence-electron chi connectivity index (χ4n) is 6.35. The molecule has 5 amide bonds. The number of hydrogen-bond acceptors (Lipinski definition) is 8. The molecule has 0 spiro atoms. The van der Waals surface area contributed by atoms with Crippen LogP contribution in [0.25, 0.3) is 22.4 Å². The fourth-order valence-corrected chi connectivity index (χ4v) is 6.35. The number of H-pyrrole nitrogens is 1. The van der Waals surface area contributed by atoms with Gasteiger partial charge in [0, 0.05) is 19.6 Å². The summed E-state index contributed by atoms with van der Waals surface area (Å²) in [4.78, 5) is 74.7. The van der Waals surface area contributed by atoms with E-state index >= 15 is 0 Å². The van der Waals surface area contributed by atoms with Crippen LogP contribution in [-0.2, 0) is 36.9 Å². The molecule has 0 aliphatic carbocycles. The number of carbonyl (C=O) groups is 5. The molecule has 0 bridgehead atoms. The highest BCUT2D eigenvalue weighted by atomic mass is 16.5. The number of carbonyl (C=O) groups excluding carboxylic acids is 5. The first-order valence-electron chi connectivity index (χ1n) is 18.2.